The van der Waals surface area contributed by atoms with Crippen molar-refractivity contribution >= 4 is 11.7 Å². The van der Waals surface area contributed by atoms with E-state index in [0.29, 0.717) is 18.1 Å². The van der Waals surface area contributed by atoms with Crippen molar-refractivity contribution in [2.75, 3.05) is 25.0 Å². The van der Waals surface area contributed by atoms with Gasteiger partial charge in [-0.25, -0.2) is 4.63 Å². The van der Waals surface area contributed by atoms with Crippen LogP contribution in [-0.4, -0.2) is 40.8 Å². The molecule has 1 aliphatic rings. The first-order valence-electron chi connectivity index (χ1n) is 5.57. The molecule has 1 N–H and O–H groups in total. The van der Waals surface area contributed by atoms with E-state index in [1.165, 1.54) is 19.3 Å². The zero-order valence-corrected chi connectivity index (χ0v) is 9.40. The van der Waals surface area contributed by atoms with Crippen LogP contribution in [0, 0.1) is 6.92 Å². The highest BCUT2D eigenvalue weighted by Gasteiger charge is 2.15. The molecule has 0 spiro atoms. The van der Waals surface area contributed by atoms with Crippen LogP contribution >= 0.6 is 0 Å². The maximum absolute atomic E-state index is 11.7. The van der Waals surface area contributed by atoms with E-state index in [2.05, 4.69) is 25.2 Å². The lowest BCUT2D eigenvalue weighted by Gasteiger charge is -2.25. The number of aromatic nitrogens is 2. The lowest BCUT2D eigenvalue weighted by Crippen LogP contribution is -2.36. The van der Waals surface area contributed by atoms with Crippen LogP contribution in [0.15, 0.2) is 4.63 Å². The van der Waals surface area contributed by atoms with Crippen LogP contribution in [0.2, 0.25) is 0 Å². The first-order chi connectivity index (χ1) is 7.75. The summed E-state index contributed by atoms with van der Waals surface area (Å²) in [5.41, 5.74) is 0.604. The number of likely N-dealkylation sites (tertiary alicyclic amines) is 1. The number of amides is 1. The van der Waals surface area contributed by atoms with Crippen molar-refractivity contribution in [1.29, 1.82) is 0 Å². The van der Waals surface area contributed by atoms with E-state index in [1.807, 2.05) is 0 Å². The molecule has 6 heteroatoms. The van der Waals surface area contributed by atoms with Gasteiger partial charge in [0.05, 0.1) is 6.54 Å². The number of hydrogen-bond donors (Lipinski definition) is 1. The molecule has 1 amide bonds. The van der Waals surface area contributed by atoms with Crippen molar-refractivity contribution in [2.45, 2.75) is 26.2 Å². The Bertz CT molecular complexity index is 357. The van der Waals surface area contributed by atoms with Gasteiger partial charge >= 0.3 is 0 Å². The predicted molar refractivity (Wildman–Crippen MR) is 58.0 cm³/mol. The van der Waals surface area contributed by atoms with E-state index < -0.39 is 0 Å². The molecule has 2 rings (SSSR count). The quantitative estimate of drug-likeness (QED) is 0.822. The van der Waals surface area contributed by atoms with Crippen molar-refractivity contribution in [1.82, 2.24) is 15.2 Å². The van der Waals surface area contributed by atoms with E-state index in [1.54, 1.807) is 6.92 Å². The van der Waals surface area contributed by atoms with E-state index in [-0.39, 0.29) is 5.91 Å². The second-order valence-electron chi connectivity index (χ2n) is 4.08. The van der Waals surface area contributed by atoms with Crippen LogP contribution in [0.5, 0.6) is 0 Å². The number of nitrogens with zero attached hydrogens (tertiary/aromatic N) is 3. The second-order valence-corrected chi connectivity index (χ2v) is 4.08. The predicted octanol–water partition coefficient (Wildman–Crippen LogP) is 0.802. The van der Waals surface area contributed by atoms with Gasteiger partial charge in [0.25, 0.3) is 0 Å². The molecular formula is C10H16N4O2. The lowest BCUT2D eigenvalue weighted by atomic mass is 10.1. The van der Waals surface area contributed by atoms with Gasteiger partial charge < -0.3 is 5.32 Å². The standard InChI is InChI=1S/C10H16N4O2/c1-8-10(13-16-12-8)11-9(15)7-14-5-3-2-4-6-14/h2-7H2,1H3,(H,11,13,15). The summed E-state index contributed by atoms with van der Waals surface area (Å²) in [6.45, 7) is 4.17. The summed E-state index contributed by atoms with van der Waals surface area (Å²) >= 11 is 0. The smallest absolute Gasteiger partial charge is 0.239 e. The first-order valence-corrected chi connectivity index (χ1v) is 5.57. The Labute approximate surface area is 94.0 Å². The molecule has 0 unspecified atom stereocenters. The molecule has 0 bridgehead atoms. The number of nitrogens with one attached hydrogen (secondary N) is 1. The zero-order valence-electron chi connectivity index (χ0n) is 9.40. The van der Waals surface area contributed by atoms with Gasteiger partial charge in [0, 0.05) is 0 Å². The van der Waals surface area contributed by atoms with E-state index in [0.717, 1.165) is 13.1 Å². The van der Waals surface area contributed by atoms with Gasteiger partial charge in [0.15, 0.2) is 5.82 Å². The molecule has 1 aliphatic heterocycles. The number of anilines is 1. The topological polar surface area (TPSA) is 71.3 Å². The Balaban J connectivity index is 1.82. The molecule has 1 aromatic rings. The van der Waals surface area contributed by atoms with Crippen molar-refractivity contribution < 1.29 is 9.42 Å². The van der Waals surface area contributed by atoms with Gasteiger partial charge in [-0.1, -0.05) is 11.6 Å². The molecular weight excluding hydrogens is 208 g/mol. The molecule has 1 saturated heterocycles. The van der Waals surface area contributed by atoms with E-state index >= 15 is 0 Å². The molecule has 0 saturated carbocycles. The number of carbonyl (C=O) groups is 1. The summed E-state index contributed by atoms with van der Waals surface area (Å²) in [6, 6.07) is 0. The minimum atomic E-state index is -0.0549. The summed E-state index contributed by atoms with van der Waals surface area (Å²) in [7, 11) is 0. The van der Waals surface area contributed by atoms with Crippen LogP contribution in [0.25, 0.3) is 0 Å². The number of hydrogen-bond acceptors (Lipinski definition) is 5. The highest BCUT2D eigenvalue weighted by atomic mass is 16.6. The SMILES string of the molecule is Cc1nonc1NC(=O)CN1CCCCC1. The molecule has 2 heterocycles. The Morgan fingerprint density at radius 2 is 2.12 bits per heavy atom. The van der Waals surface area contributed by atoms with Gasteiger partial charge in [-0.15, -0.1) is 0 Å². The summed E-state index contributed by atoms with van der Waals surface area (Å²) in [6.07, 6.45) is 3.63. The third-order valence-corrected chi connectivity index (χ3v) is 2.73. The molecule has 0 aromatic carbocycles. The Hall–Kier alpha value is -1.43. The van der Waals surface area contributed by atoms with Gasteiger partial charge in [-0.3, -0.25) is 9.69 Å². The Morgan fingerprint density at radius 3 is 2.75 bits per heavy atom. The van der Waals surface area contributed by atoms with Crippen molar-refractivity contribution in [3.05, 3.63) is 5.69 Å². The summed E-state index contributed by atoms with van der Waals surface area (Å²) in [5.74, 6) is 0.364. The average molecular weight is 224 g/mol. The average Bonchev–Trinajstić information content (AvgIpc) is 2.66. The van der Waals surface area contributed by atoms with Crippen LogP contribution in [0.4, 0.5) is 5.82 Å². The fraction of sp³-hybridized carbons (Fsp3) is 0.700. The van der Waals surface area contributed by atoms with Crippen molar-refractivity contribution in [3.8, 4) is 0 Å². The normalized spacial score (nSPS) is 17.3. The van der Waals surface area contributed by atoms with Crippen molar-refractivity contribution in [3.63, 3.8) is 0 Å². The van der Waals surface area contributed by atoms with Crippen LogP contribution in [0.3, 0.4) is 0 Å². The van der Waals surface area contributed by atoms with Crippen LogP contribution < -0.4 is 5.32 Å². The maximum Gasteiger partial charge on any atom is 0.239 e. The van der Waals surface area contributed by atoms with Crippen LogP contribution in [0.1, 0.15) is 25.0 Å². The van der Waals surface area contributed by atoms with E-state index in [9.17, 15) is 4.79 Å². The zero-order chi connectivity index (χ0) is 11.4. The lowest BCUT2D eigenvalue weighted by molar-refractivity contribution is -0.117. The Morgan fingerprint density at radius 1 is 1.38 bits per heavy atom. The van der Waals surface area contributed by atoms with Gasteiger partial charge in [-0.2, -0.15) is 0 Å². The molecule has 0 atom stereocenters. The molecule has 16 heavy (non-hydrogen) atoms. The fourth-order valence-electron chi connectivity index (χ4n) is 1.84. The third-order valence-electron chi connectivity index (χ3n) is 2.73. The minimum absolute atomic E-state index is 0.0549. The van der Waals surface area contributed by atoms with Crippen molar-refractivity contribution in [2.24, 2.45) is 0 Å². The van der Waals surface area contributed by atoms with Crippen LogP contribution in [-0.2, 0) is 4.79 Å². The van der Waals surface area contributed by atoms with Gasteiger partial charge in [-0.05, 0) is 38.0 Å². The molecule has 1 aromatic heterocycles. The molecule has 6 nitrogen and oxygen atoms in total. The summed E-state index contributed by atoms with van der Waals surface area (Å²) < 4.78 is 4.51. The fourth-order valence-corrected chi connectivity index (χ4v) is 1.84. The number of carbonyl (C=O) groups excluding carboxylic acids is 1. The summed E-state index contributed by atoms with van der Waals surface area (Å²) in [4.78, 5) is 13.8. The largest absolute Gasteiger partial charge is 0.305 e. The highest BCUT2D eigenvalue weighted by Crippen LogP contribution is 2.10. The molecule has 0 aliphatic carbocycles. The first kappa shape index (κ1) is 11.1. The Kier molecular flexibility index (Phi) is 3.51. The van der Waals surface area contributed by atoms with E-state index in [4.69, 9.17) is 0 Å². The maximum atomic E-state index is 11.7. The molecule has 88 valence electrons. The monoisotopic (exact) mass is 224 g/mol. The number of aryl methyl sites for hydroxylation is 1. The molecule has 0 radical (unpaired) electrons. The third kappa shape index (κ3) is 2.79. The molecule has 1 fully saturated rings. The minimum Gasteiger partial charge on any atom is -0.305 e. The number of rotatable bonds is 3. The summed E-state index contributed by atoms with van der Waals surface area (Å²) in [5, 5.41) is 9.90. The second kappa shape index (κ2) is 5.07. The van der Waals surface area contributed by atoms with Gasteiger partial charge in [0.2, 0.25) is 5.91 Å². The van der Waals surface area contributed by atoms with Gasteiger partial charge in [0.1, 0.15) is 5.69 Å². The number of piperidine rings is 1. The highest BCUT2D eigenvalue weighted by molar-refractivity contribution is 5.91.